The van der Waals surface area contributed by atoms with Crippen LogP contribution in [0.4, 0.5) is 10.1 Å². The quantitative estimate of drug-likeness (QED) is 0.856. The van der Waals surface area contributed by atoms with Crippen LogP contribution in [-0.2, 0) is 10.0 Å². The highest BCUT2D eigenvalue weighted by Gasteiger charge is 2.21. The molecule has 0 aromatic heterocycles. The van der Waals surface area contributed by atoms with Gasteiger partial charge < -0.3 is 0 Å². The smallest absolute Gasteiger partial charge is 0.264 e. The van der Waals surface area contributed by atoms with Crippen molar-refractivity contribution in [2.24, 2.45) is 0 Å². The number of nitrogens with zero attached hydrogens (tertiary/aromatic N) is 1. The number of anilines is 1. The van der Waals surface area contributed by atoms with Crippen molar-refractivity contribution in [2.75, 3.05) is 11.4 Å². The molecule has 0 N–H and O–H groups in total. The maximum absolute atomic E-state index is 12.8. The van der Waals surface area contributed by atoms with E-state index in [9.17, 15) is 12.8 Å². The number of hydrogen-bond acceptors (Lipinski definition) is 2. The zero-order valence-electron chi connectivity index (χ0n) is 10.0. The van der Waals surface area contributed by atoms with Crippen molar-refractivity contribution in [1.29, 1.82) is 0 Å². The van der Waals surface area contributed by atoms with E-state index in [0.29, 0.717) is 5.69 Å². The zero-order chi connectivity index (χ0) is 14.0. The van der Waals surface area contributed by atoms with Crippen LogP contribution in [0.1, 0.15) is 0 Å². The summed E-state index contributed by atoms with van der Waals surface area (Å²) in [7, 11) is -2.21. The lowest BCUT2D eigenvalue weighted by Gasteiger charge is -2.19. The lowest BCUT2D eigenvalue weighted by atomic mass is 10.3. The number of halogens is 2. The molecule has 0 atom stereocenters. The summed E-state index contributed by atoms with van der Waals surface area (Å²) in [5.41, 5.74) is 0.535. The predicted molar refractivity (Wildman–Crippen MR) is 76.1 cm³/mol. The van der Waals surface area contributed by atoms with E-state index in [4.69, 9.17) is 0 Å². The Kier molecular flexibility index (Phi) is 3.91. The summed E-state index contributed by atoms with van der Waals surface area (Å²) in [6, 6.07) is 11.6. The number of rotatable bonds is 3. The minimum Gasteiger partial charge on any atom is -0.269 e. The standard InChI is InChI=1S/C13H11BrFNO2S/c1-16(12-6-2-10(14)3-7-12)19(17,18)13-8-4-11(15)5-9-13/h2-9H,1H3. The van der Waals surface area contributed by atoms with Crippen LogP contribution < -0.4 is 4.31 Å². The van der Waals surface area contributed by atoms with E-state index in [1.165, 1.54) is 19.2 Å². The summed E-state index contributed by atoms with van der Waals surface area (Å²) < 4.78 is 39.5. The molecule has 0 aliphatic heterocycles. The fraction of sp³-hybridized carbons (Fsp3) is 0.0769. The van der Waals surface area contributed by atoms with Crippen molar-refractivity contribution >= 4 is 31.6 Å². The van der Waals surface area contributed by atoms with Gasteiger partial charge in [-0.1, -0.05) is 15.9 Å². The van der Waals surface area contributed by atoms with Crippen LogP contribution in [0.2, 0.25) is 0 Å². The molecule has 0 bridgehead atoms. The summed E-state index contributed by atoms with van der Waals surface area (Å²) in [5.74, 6) is -0.467. The molecule has 0 heterocycles. The molecule has 2 aromatic rings. The Bertz CT molecular complexity index is 669. The molecule has 0 radical (unpaired) electrons. The Morgan fingerprint density at radius 1 is 1.00 bits per heavy atom. The fourth-order valence-electron chi connectivity index (χ4n) is 1.55. The van der Waals surface area contributed by atoms with Crippen LogP contribution in [-0.4, -0.2) is 15.5 Å². The lowest BCUT2D eigenvalue weighted by molar-refractivity contribution is 0.593. The summed E-state index contributed by atoms with van der Waals surface area (Å²) in [5, 5.41) is 0. The second-order valence-electron chi connectivity index (χ2n) is 3.90. The van der Waals surface area contributed by atoms with E-state index in [1.54, 1.807) is 24.3 Å². The Hall–Kier alpha value is -1.40. The Labute approximate surface area is 119 Å². The number of sulfonamides is 1. The van der Waals surface area contributed by atoms with Crippen LogP contribution in [0.25, 0.3) is 0 Å². The van der Waals surface area contributed by atoms with E-state index in [0.717, 1.165) is 20.9 Å². The van der Waals surface area contributed by atoms with Gasteiger partial charge in [0.2, 0.25) is 0 Å². The molecule has 100 valence electrons. The average molecular weight is 344 g/mol. The molecule has 0 saturated carbocycles. The van der Waals surface area contributed by atoms with Gasteiger partial charge in [0.25, 0.3) is 10.0 Å². The number of hydrogen-bond donors (Lipinski definition) is 0. The van der Waals surface area contributed by atoms with Gasteiger partial charge in [0, 0.05) is 11.5 Å². The maximum Gasteiger partial charge on any atom is 0.264 e. The van der Waals surface area contributed by atoms with Gasteiger partial charge in [0.05, 0.1) is 10.6 Å². The van der Waals surface area contributed by atoms with Gasteiger partial charge in [-0.05, 0) is 48.5 Å². The minimum atomic E-state index is -3.67. The van der Waals surface area contributed by atoms with Gasteiger partial charge in [0.1, 0.15) is 5.82 Å². The highest BCUT2D eigenvalue weighted by Crippen LogP contribution is 2.23. The van der Waals surface area contributed by atoms with Crippen molar-refractivity contribution in [3.63, 3.8) is 0 Å². The van der Waals surface area contributed by atoms with E-state index < -0.39 is 15.8 Å². The Balaban J connectivity index is 2.39. The van der Waals surface area contributed by atoms with Gasteiger partial charge in [-0.15, -0.1) is 0 Å². The highest BCUT2D eigenvalue weighted by atomic mass is 79.9. The van der Waals surface area contributed by atoms with E-state index in [-0.39, 0.29) is 4.90 Å². The molecule has 6 heteroatoms. The van der Waals surface area contributed by atoms with Crippen LogP contribution in [0.5, 0.6) is 0 Å². The molecule has 2 rings (SSSR count). The van der Waals surface area contributed by atoms with Crippen LogP contribution in [0, 0.1) is 5.82 Å². The molecule has 3 nitrogen and oxygen atoms in total. The van der Waals surface area contributed by atoms with Crippen molar-refractivity contribution in [3.05, 3.63) is 58.8 Å². The SMILES string of the molecule is CN(c1ccc(Br)cc1)S(=O)(=O)c1ccc(F)cc1. The molecule has 19 heavy (non-hydrogen) atoms. The van der Waals surface area contributed by atoms with Crippen molar-refractivity contribution in [1.82, 2.24) is 0 Å². The topological polar surface area (TPSA) is 37.4 Å². The van der Waals surface area contributed by atoms with Gasteiger partial charge >= 0.3 is 0 Å². The van der Waals surface area contributed by atoms with Crippen molar-refractivity contribution in [2.45, 2.75) is 4.90 Å². The summed E-state index contributed by atoms with van der Waals surface area (Å²) in [6.45, 7) is 0. The molecule has 2 aromatic carbocycles. The third kappa shape index (κ3) is 2.96. The minimum absolute atomic E-state index is 0.0549. The largest absolute Gasteiger partial charge is 0.269 e. The molecule has 0 aliphatic rings. The molecule has 0 aliphatic carbocycles. The van der Waals surface area contributed by atoms with Crippen LogP contribution >= 0.6 is 15.9 Å². The van der Waals surface area contributed by atoms with Gasteiger partial charge in [-0.3, -0.25) is 4.31 Å². The molecule has 0 amide bonds. The maximum atomic E-state index is 12.8. The van der Waals surface area contributed by atoms with E-state index in [1.807, 2.05) is 0 Å². The van der Waals surface area contributed by atoms with Crippen LogP contribution in [0.3, 0.4) is 0 Å². The monoisotopic (exact) mass is 343 g/mol. The average Bonchev–Trinajstić information content (AvgIpc) is 2.39. The van der Waals surface area contributed by atoms with E-state index in [2.05, 4.69) is 15.9 Å². The molecule has 0 spiro atoms. The first-order valence-corrected chi connectivity index (χ1v) is 7.64. The van der Waals surface area contributed by atoms with Gasteiger partial charge in [-0.2, -0.15) is 0 Å². The first-order chi connectivity index (χ1) is 8.91. The fourth-order valence-corrected chi connectivity index (χ4v) is 3.01. The molecule has 0 unspecified atom stereocenters. The summed E-state index contributed by atoms with van der Waals surface area (Å²) in [6.07, 6.45) is 0. The summed E-state index contributed by atoms with van der Waals surface area (Å²) in [4.78, 5) is 0.0549. The normalized spacial score (nSPS) is 11.3. The second kappa shape index (κ2) is 5.30. The third-order valence-corrected chi connectivity index (χ3v) is 4.99. The zero-order valence-corrected chi connectivity index (χ0v) is 12.4. The van der Waals surface area contributed by atoms with Gasteiger partial charge in [-0.25, -0.2) is 12.8 Å². The van der Waals surface area contributed by atoms with Crippen molar-refractivity contribution in [3.8, 4) is 0 Å². The second-order valence-corrected chi connectivity index (χ2v) is 6.79. The first kappa shape index (κ1) is 14.0. The highest BCUT2D eigenvalue weighted by molar-refractivity contribution is 9.10. The van der Waals surface area contributed by atoms with Crippen molar-refractivity contribution < 1.29 is 12.8 Å². The molecule has 0 saturated heterocycles. The predicted octanol–water partition coefficient (Wildman–Crippen LogP) is 3.41. The lowest BCUT2D eigenvalue weighted by Crippen LogP contribution is -2.26. The molecule has 0 fully saturated rings. The Morgan fingerprint density at radius 2 is 1.53 bits per heavy atom. The summed E-state index contributed by atoms with van der Waals surface area (Å²) >= 11 is 3.29. The number of benzene rings is 2. The van der Waals surface area contributed by atoms with E-state index >= 15 is 0 Å². The third-order valence-electron chi connectivity index (χ3n) is 2.66. The van der Waals surface area contributed by atoms with Crippen LogP contribution in [0.15, 0.2) is 57.9 Å². The molecular formula is C13H11BrFNO2S. The first-order valence-electron chi connectivity index (χ1n) is 5.41. The molecular weight excluding hydrogens is 333 g/mol. The Morgan fingerprint density at radius 3 is 2.05 bits per heavy atom. The van der Waals surface area contributed by atoms with Gasteiger partial charge in [0.15, 0.2) is 0 Å².